The molecule has 1 aliphatic rings. The highest BCUT2D eigenvalue weighted by molar-refractivity contribution is 7.10. The maximum Gasteiger partial charge on any atom is 0.237 e. The molecule has 0 radical (unpaired) electrons. The minimum absolute atomic E-state index is 0.0722. The number of benzene rings is 1. The van der Waals surface area contributed by atoms with Crippen molar-refractivity contribution >= 4 is 17.2 Å². The number of fused-ring (bicyclic) bond motifs is 1. The average molecular weight is 487 g/mol. The molecular formula is C27H38N2O4S. The summed E-state index contributed by atoms with van der Waals surface area (Å²) in [4.78, 5) is 18.9. The summed E-state index contributed by atoms with van der Waals surface area (Å²) < 4.78 is 11.4. The molecule has 2 unspecified atom stereocenters. The molecule has 186 valence electrons. The van der Waals surface area contributed by atoms with Crippen LogP contribution in [0.5, 0.6) is 5.75 Å². The molecular weight excluding hydrogens is 448 g/mol. The van der Waals surface area contributed by atoms with E-state index in [1.165, 1.54) is 10.4 Å². The van der Waals surface area contributed by atoms with Crippen molar-refractivity contribution in [2.75, 3.05) is 46.5 Å². The van der Waals surface area contributed by atoms with Crippen molar-refractivity contribution in [1.82, 2.24) is 9.80 Å². The highest BCUT2D eigenvalue weighted by atomic mass is 32.1. The van der Waals surface area contributed by atoms with Gasteiger partial charge in [0.1, 0.15) is 12.4 Å². The van der Waals surface area contributed by atoms with Crippen LogP contribution in [-0.4, -0.2) is 73.4 Å². The van der Waals surface area contributed by atoms with Crippen molar-refractivity contribution in [3.63, 3.8) is 0 Å². The van der Waals surface area contributed by atoms with Crippen molar-refractivity contribution < 1.29 is 19.4 Å². The van der Waals surface area contributed by atoms with Gasteiger partial charge in [-0.15, -0.1) is 17.9 Å². The number of aliphatic hydroxyl groups excluding tert-OH is 1. The maximum atomic E-state index is 13.5. The van der Waals surface area contributed by atoms with Crippen LogP contribution in [0.3, 0.4) is 0 Å². The minimum atomic E-state index is -0.487. The molecule has 2 atom stereocenters. The molecule has 1 aromatic heterocycles. The van der Waals surface area contributed by atoms with Gasteiger partial charge < -0.3 is 19.5 Å². The lowest BCUT2D eigenvalue weighted by Crippen LogP contribution is -2.48. The Morgan fingerprint density at radius 2 is 2.26 bits per heavy atom. The van der Waals surface area contributed by atoms with E-state index in [0.29, 0.717) is 39.3 Å². The third-order valence-corrected chi connectivity index (χ3v) is 7.16. The number of nitrogens with zero attached hydrogens (tertiary/aromatic N) is 2. The number of aliphatic hydroxyl groups is 1. The van der Waals surface area contributed by atoms with Gasteiger partial charge in [0.15, 0.2) is 0 Å². The highest BCUT2D eigenvalue weighted by Crippen LogP contribution is 2.34. The predicted octanol–water partition coefficient (Wildman–Crippen LogP) is 4.23. The number of rotatable bonds is 14. The minimum Gasteiger partial charge on any atom is -0.491 e. The molecule has 7 heteroatoms. The zero-order valence-corrected chi connectivity index (χ0v) is 21.3. The molecule has 0 bridgehead atoms. The van der Waals surface area contributed by atoms with Gasteiger partial charge in [-0.1, -0.05) is 18.2 Å². The maximum absolute atomic E-state index is 13.5. The fraction of sp³-hybridized carbons (Fsp3) is 0.519. The lowest BCUT2D eigenvalue weighted by atomic mass is 10.0. The SMILES string of the molecule is C=CCCC(O)CN(CCCOC)CC(=O)N1CCc2sccc2C1COc1cccc(C)c1. The largest absolute Gasteiger partial charge is 0.491 e. The molecule has 3 rings (SSSR count). The number of hydrogen-bond acceptors (Lipinski definition) is 6. The van der Waals surface area contributed by atoms with Gasteiger partial charge in [0, 0.05) is 38.2 Å². The van der Waals surface area contributed by atoms with E-state index in [-0.39, 0.29) is 18.5 Å². The summed E-state index contributed by atoms with van der Waals surface area (Å²) in [7, 11) is 1.68. The molecule has 2 heterocycles. The smallest absolute Gasteiger partial charge is 0.237 e. The molecule has 6 nitrogen and oxygen atoms in total. The second kappa shape index (κ2) is 13.6. The van der Waals surface area contributed by atoms with Crippen molar-refractivity contribution in [3.8, 4) is 5.75 Å². The number of amides is 1. The van der Waals surface area contributed by atoms with Gasteiger partial charge >= 0.3 is 0 Å². The molecule has 0 saturated heterocycles. The third-order valence-electron chi connectivity index (χ3n) is 6.17. The molecule has 2 aromatic rings. The van der Waals surface area contributed by atoms with E-state index >= 15 is 0 Å². The normalized spacial score (nSPS) is 16.4. The van der Waals surface area contributed by atoms with Crippen LogP contribution in [-0.2, 0) is 16.0 Å². The number of carbonyl (C=O) groups excluding carboxylic acids is 1. The number of thiophene rings is 1. The number of aryl methyl sites for hydroxylation is 1. The van der Waals surface area contributed by atoms with Crippen molar-refractivity contribution in [2.45, 2.75) is 44.8 Å². The fourth-order valence-corrected chi connectivity index (χ4v) is 5.33. The number of carbonyl (C=O) groups is 1. The third kappa shape index (κ3) is 7.67. The lowest BCUT2D eigenvalue weighted by molar-refractivity contribution is -0.136. The first-order valence-electron chi connectivity index (χ1n) is 12.1. The van der Waals surface area contributed by atoms with Crippen LogP contribution in [0.4, 0.5) is 0 Å². The van der Waals surface area contributed by atoms with Crippen molar-refractivity contribution in [3.05, 3.63) is 64.4 Å². The summed E-state index contributed by atoms with van der Waals surface area (Å²) >= 11 is 1.75. The van der Waals surface area contributed by atoms with Crippen LogP contribution in [0.15, 0.2) is 48.4 Å². The summed E-state index contributed by atoms with van der Waals surface area (Å²) in [5, 5.41) is 12.6. The molecule has 0 spiro atoms. The van der Waals surface area contributed by atoms with Gasteiger partial charge in [-0.05, 0) is 67.3 Å². The molecule has 1 N–H and O–H groups in total. The van der Waals surface area contributed by atoms with E-state index in [2.05, 4.69) is 22.9 Å². The first kappa shape index (κ1) is 26.4. The second-order valence-corrected chi connectivity index (χ2v) is 9.88. The number of allylic oxidation sites excluding steroid dienone is 1. The Hall–Kier alpha value is -2.19. The van der Waals surface area contributed by atoms with Crippen molar-refractivity contribution in [2.24, 2.45) is 0 Å². The highest BCUT2D eigenvalue weighted by Gasteiger charge is 2.33. The second-order valence-electron chi connectivity index (χ2n) is 8.88. The number of ether oxygens (including phenoxy) is 2. The Bertz CT molecular complexity index is 916. The van der Waals surface area contributed by atoms with Crippen LogP contribution < -0.4 is 4.74 Å². The zero-order chi connectivity index (χ0) is 24.3. The number of hydrogen-bond donors (Lipinski definition) is 1. The summed E-state index contributed by atoms with van der Waals surface area (Å²) in [6.45, 7) is 8.94. The summed E-state index contributed by atoms with van der Waals surface area (Å²) in [6, 6.07) is 10.0. The Morgan fingerprint density at radius 3 is 3.03 bits per heavy atom. The monoisotopic (exact) mass is 486 g/mol. The van der Waals surface area contributed by atoms with E-state index in [4.69, 9.17) is 9.47 Å². The standard InChI is InChI=1S/C27H38N2O4S/c1-4-5-9-22(30)18-28(13-7-15-32-3)19-27(31)29-14-11-26-24(12-16-34-26)25(29)20-33-23-10-6-8-21(2)17-23/h4,6,8,10,12,16-17,22,25,30H,1,5,7,9,11,13-15,18-20H2,2-3H3. The Labute approximate surface area is 207 Å². The quantitative estimate of drug-likeness (QED) is 0.320. The van der Waals surface area contributed by atoms with E-state index in [9.17, 15) is 9.90 Å². The van der Waals surface area contributed by atoms with Gasteiger partial charge in [0.05, 0.1) is 18.7 Å². The average Bonchev–Trinajstić information content (AvgIpc) is 3.30. The van der Waals surface area contributed by atoms with Crippen LogP contribution in [0.25, 0.3) is 0 Å². The fourth-order valence-electron chi connectivity index (χ4n) is 4.40. The van der Waals surface area contributed by atoms with E-state index in [1.807, 2.05) is 42.2 Å². The van der Waals surface area contributed by atoms with E-state index < -0.39 is 6.10 Å². The van der Waals surface area contributed by atoms with Gasteiger partial charge in [-0.2, -0.15) is 0 Å². The van der Waals surface area contributed by atoms with Gasteiger partial charge in [-0.25, -0.2) is 0 Å². The van der Waals surface area contributed by atoms with Gasteiger partial charge in [0.2, 0.25) is 5.91 Å². The summed E-state index contributed by atoms with van der Waals surface area (Å²) in [5.41, 5.74) is 2.33. The van der Waals surface area contributed by atoms with Gasteiger partial charge in [0.25, 0.3) is 0 Å². The molecule has 1 aromatic carbocycles. The molecule has 34 heavy (non-hydrogen) atoms. The van der Waals surface area contributed by atoms with E-state index in [1.54, 1.807) is 18.4 Å². The first-order chi connectivity index (χ1) is 16.5. The lowest BCUT2D eigenvalue weighted by Gasteiger charge is -2.37. The molecule has 0 aliphatic carbocycles. The molecule has 0 fully saturated rings. The number of methoxy groups -OCH3 is 1. The summed E-state index contributed by atoms with van der Waals surface area (Å²) in [6.07, 6.45) is 4.41. The Balaban J connectivity index is 1.70. The summed E-state index contributed by atoms with van der Waals surface area (Å²) in [5.74, 6) is 0.893. The molecule has 0 saturated carbocycles. The topological polar surface area (TPSA) is 62.2 Å². The van der Waals surface area contributed by atoms with E-state index in [0.717, 1.165) is 30.6 Å². The molecule has 1 aliphatic heterocycles. The van der Waals surface area contributed by atoms with Crippen LogP contribution >= 0.6 is 11.3 Å². The Kier molecular flexibility index (Phi) is 10.6. The van der Waals surface area contributed by atoms with Crippen LogP contribution in [0.2, 0.25) is 0 Å². The van der Waals surface area contributed by atoms with Crippen LogP contribution in [0, 0.1) is 6.92 Å². The van der Waals surface area contributed by atoms with Gasteiger partial charge in [-0.3, -0.25) is 9.69 Å². The zero-order valence-electron chi connectivity index (χ0n) is 20.4. The van der Waals surface area contributed by atoms with Crippen LogP contribution in [0.1, 0.15) is 41.3 Å². The first-order valence-corrected chi connectivity index (χ1v) is 12.9. The predicted molar refractivity (Wildman–Crippen MR) is 138 cm³/mol. The molecule has 1 amide bonds. The Morgan fingerprint density at radius 1 is 1.41 bits per heavy atom. The van der Waals surface area contributed by atoms with Crippen molar-refractivity contribution in [1.29, 1.82) is 0 Å².